The van der Waals surface area contributed by atoms with Gasteiger partial charge < -0.3 is 24.8 Å². The van der Waals surface area contributed by atoms with Crippen molar-refractivity contribution in [2.24, 2.45) is 17.3 Å². The summed E-state index contributed by atoms with van der Waals surface area (Å²) in [5.41, 5.74) is -0.671. The number of carboxylic acids is 1. The van der Waals surface area contributed by atoms with E-state index in [1.54, 1.807) is 12.2 Å². The largest absolute Gasteiger partial charge is 0.478 e. The Hall–Kier alpha value is -1.93. The average Bonchev–Trinajstić information content (AvgIpc) is 3.42. The molecule has 7 atom stereocenters. The van der Waals surface area contributed by atoms with Crippen molar-refractivity contribution < 1.29 is 34.4 Å². The summed E-state index contributed by atoms with van der Waals surface area (Å²) in [6.07, 6.45) is 37.1. The summed E-state index contributed by atoms with van der Waals surface area (Å²) in [4.78, 5) is 25.1. The molecular weight excluding hydrogens is 712 g/mol. The van der Waals surface area contributed by atoms with Gasteiger partial charge in [-0.2, -0.15) is 0 Å². The van der Waals surface area contributed by atoms with E-state index in [2.05, 4.69) is 32.1 Å². The summed E-state index contributed by atoms with van der Waals surface area (Å²) in [5, 5.41) is 31.2. The molecule has 3 aliphatic rings. The molecule has 0 aromatic carbocycles. The van der Waals surface area contributed by atoms with Gasteiger partial charge in [0.25, 0.3) is 0 Å². The first-order valence-corrected chi connectivity index (χ1v) is 22.8. The molecule has 7 nitrogen and oxygen atoms in total. The van der Waals surface area contributed by atoms with Crippen LogP contribution in [0.4, 0.5) is 0 Å². The van der Waals surface area contributed by atoms with Crippen LogP contribution in [0.5, 0.6) is 0 Å². The summed E-state index contributed by atoms with van der Waals surface area (Å²) in [6.45, 7) is 6.87. The molecule has 55 heavy (non-hydrogen) atoms. The van der Waals surface area contributed by atoms with Gasteiger partial charge in [0.15, 0.2) is 0 Å². The Bertz CT molecular complexity index is 1220. The Morgan fingerprint density at radius 1 is 0.927 bits per heavy atom. The molecule has 2 saturated carbocycles. The number of carboxylic acid groups (broad SMARTS) is 1. The van der Waals surface area contributed by atoms with E-state index in [0.717, 1.165) is 38.5 Å². The summed E-state index contributed by atoms with van der Waals surface area (Å²) < 4.78 is 12.5. The number of aliphatic hydroxyl groups is 2. The number of carbonyl (C=O) groups is 2. The molecule has 2 fully saturated rings. The van der Waals surface area contributed by atoms with Gasteiger partial charge in [-0.25, -0.2) is 4.79 Å². The number of halogens is 1. The number of aliphatic hydroxyl groups excluding tert-OH is 2. The quantitative estimate of drug-likeness (QED) is 0.0287. The predicted molar refractivity (Wildman–Crippen MR) is 225 cm³/mol. The Morgan fingerprint density at radius 3 is 2.16 bits per heavy atom. The van der Waals surface area contributed by atoms with E-state index in [-0.39, 0.29) is 53.1 Å². The van der Waals surface area contributed by atoms with Crippen LogP contribution in [0, 0.1) is 17.3 Å². The molecule has 0 bridgehead atoms. The number of hydrogen-bond donors (Lipinski definition) is 3. The van der Waals surface area contributed by atoms with Gasteiger partial charge in [-0.3, -0.25) is 4.79 Å². The first-order chi connectivity index (χ1) is 26.6. The zero-order chi connectivity index (χ0) is 39.9. The lowest BCUT2D eigenvalue weighted by Gasteiger charge is -2.45. The maximum Gasteiger partial charge on any atom is 0.331 e. The van der Waals surface area contributed by atoms with Crippen LogP contribution in [0.3, 0.4) is 0 Å². The molecule has 0 heterocycles. The maximum atomic E-state index is 13.1. The lowest BCUT2D eigenvalue weighted by Crippen LogP contribution is -2.47. The first-order valence-electron chi connectivity index (χ1n) is 22.4. The van der Waals surface area contributed by atoms with E-state index >= 15 is 0 Å². The fourth-order valence-corrected chi connectivity index (χ4v) is 9.45. The van der Waals surface area contributed by atoms with Gasteiger partial charge in [0.2, 0.25) is 0 Å². The highest BCUT2D eigenvalue weighted by molar-refractivity contribution is 6.21. The van der Waals surface area contributed by atoms with Gasteiger partial charge in [-0.15, -0.1) is 11.6 Å². The van der Waals surface area contributed by atoms with E-state index in [0.29, 0.717) is 38.7 Å². The van der Waals surface area contributed by atoms with Crippen molar-refractivity contribution in [2.75, 3.05) is 6.61 Å². The maximum absolute atomic E-state index is 13.1. The van der Waals surface area contributed by atoms with Crippen LogP contribution in [0.15, 0.2) is 48.1 Å². The van der Waals surface area contributed by atoms with Crippen molar-refractivity contribution in [3.63, 3.8) is 0 Å². The Balaban J connectivity index is 1.39. The molecule has 0 spiro atoms. The van der Waals surface area contributed by atoms with Crippen molar-refractivity contribution in [3.8, 4) is 0 Å². The SMILES string of the molecule is CCCCCCCCCCCCCCCOC1(C(CC)OC(=O)CCC/C=C\C[C@@H]2[C@@H](/C=C/C[C@H](O)C3(CC)CCC3)[C@H](O)C[C@H]2Cl)C=CC=C(C(=O)O)C1. The zero-order valence-corrected chi connectivity index (χ0v) is 35.5. The predicted octanol–water partition coefficient (Wildman–Crippen LogP) is 11.7. The lowest BCUT2D eigenvalue weighted by molar-refractivity contribution is -0.167. The summed E-state index contributed by atoms with van der Waals surface area (Å²) in [5.74, 6) is -1.20. The van der Waals surface area contributed by atoms with Crippen molar-refractivity contribution in [3.05, 3.63) is 48.1 Å². The number of alkyl halides is 1. The second-order valence-electron chi connectivity index (χ2n) is 16.9. The van der Waals surface area contributed by atoms with Crippen LogP contribution in [0.25, 0.3) is 0 Å². The van der Waals surface area contributed by atoms with Gasteiger partial charge in [0, 0.05) is 36.3 Å². The van der Waals surface area contributed by atoms with E-state index in [9.17, 15) is 24.9 Å². The molecule has 0 amide bonds. The van der Waals surface area contributed by atoms with Crippen LogP contribution < -0.4 is 0 Å². The number of ether oxygens (including phenoxy) is 2. The smallest absolute Gasteiger partial charge is 0.331 e. The highest BCUT2D eigenvalue weighted by atomic mass is 35.5. The van der Waals surface area contributed by atoms with Crippen LogP contribution in [0.2, 0.25) is 0 Å². The third kappa shape index (κ3) is 15.7. The van der Waals surface area contributed by atoms with Crippen LogP contribution in [-0.2, 0) is 19.1 Å². The number of esters is 1. The van der Waals surface area contributed by atoms with Crippen LogP contribution in [-0.4, -0.2) is 63.2 Å². The Kier molecular flexibility index (Phi) is 22.6. The number of rotatable bonds is 30. The summed E-state index contributed by atoms with van der Waals surface area (Å²) in [6, 6.07) is 0. The fourth-order valence-electron chi connectivity index (χ4n) is 9.00. The second-order valence-corrected chi connectivity index (χ2v) is 17.4. The van der Waals surface area contributed by atoms with Crippen molar-refractivity contribution in [1.29, 1.82) is 0 Å². The molecule has 3 rings (SSSR count). The van der Waals surface area contributed by atoms with Gasteiger partial charge in [-0.05, 0) is 81.6 Å². The Morgan fingerprint density at radius 2 is 1.58 bits per heavy atom. The van der Waals surface area contributed by atoms with Crippen molar-refractivity contribution in [1.82, 2.24) is 0 Å². The van der Waals surface area contributed by atoms with Gasteiger partial charge in [0.05, 0.1) is 12.2 Å². The van der Waals surface area contributed by atoms with Crippen LogP contribution in [0.1, 0.15) is 181 Å². The standard InChI is InChI=1S/C47H77ClO7/c1-4-7-8-9-10-11-12-13-14-15-16-19-22-34-54-47(33-24-26-37(36-47)45(52)53)43(5-2)55-44(51)30-21-18-17-20-27-38-39(41(49)35-40(38)48)28-23-29-42(50)46(6-3)31-25-32-46/h17,20,23-24,26,28,33,38-43,49-50H,4-16,18-19,21-22,25,27,29-32,34-36H2,1-3H3,(H,52,53)/b20-17-,28-23+/t38-,39-,40-,41-,42+,43?,47?/m1/s1. The number of aliphatic carboxylic acids is 1. The minimum Gasteiger partial charge on any atom is -0.478 e. The normalized spacial score (nSPS) is 26.0. The highest BCUT2D eigenvalue weighted by Gasteiger charge is 2.43. The topological polar surface area (TPSA) is 113 Å². The van der Waals surface area contributed by atoms with E-state index in [1.807, 2.05) is 19.1 Å². The van der Waals surface area contributed by atoms with Crippen molar-refractivity contribution >= 4 is 23.5 Å². The lowest BCUT2D eigenvalue weighted by atomic mass is 9.63. The molecule has 3 N–H and O–H groups in total. The zero-order valence-electron chi connectivity index (χ0n) is 34.7. The average molecular weight is 790 g/mol. The van der Waals surface area contributed by atoms with Crippen LogP contribution >= 0.6 is 11.6 Å². The van der Waals surface area contributed by atoms with Crippen molar-refractivity contribution in [2.45, 2.75) is 211 Å². The molecule has 3 aliphatic carbocycles. The molecule has 8 heteroatoms. The summed E-state index contributed by atoms with van der Waals surface area (Å²) >= 11 is 6.69. The number of hydrogen-bond acceptors (Lipinski definition) is 6. The van der Waals surface area contributed by atoms with E-state index in [1.165, 1.54) is 77.0 Å². The molecule has 0 aromatic rings. The molecular formula is C47H77ClO7. The third-order valence-corrected chi connectivity index (χ3v) is 13.4. The van der Waals surface area contributed by atoms with Gasteiger partial charge in [-0.1, -0.05) is 141 Å². The summed E-state index contributed by atoms with van der Waals surface area (Å²) in [7, 11) is 0. The van der Waals surface area contributed by atoms with E-state index < -0.39 is 23.8 Å². The van der Waals surface area contributed by atoms with Gasteiger partial charge >= 0.3 is 11.9 Å². The third-order valence-electron chi connectivity index (χ3n) is 12.9. The molecule has 0 aromatic heterocycles. The van der Waals surface area contributed by atoms with E-state index in [4.69, 9.17) is 21.1 Å². The highest BCUT2D eigenvalue weighted by Crippen LogP contribution is 2.48. The number of unbranched alkanes of at least 4 members (excludes halogenated alkanes) is 13. The minimum atomic E-state index is -0.994. The molecule has 2 unspecified atom stereocenters. The minimum absolute atomic E-state index is 0.0383. The molecule has 0 saturated heterocycles. The fraction of sp³-hybridized carbons (Fsp3) is 0.787. The molecule has 0 aliphatic heterocycles. The second kappa shape index (κ2) is 26.1. The monoisotopic (exact) mass is 789 g/mol. The first kappa shape index (κ1) is 47.4. The number of carbonyl (C=O) groups excluding carboxylic acids is 1. The molecule has 314 valence electrons. The molecule has 0 radical (unpaired) electrons. The Labute approximate surface area is 339 Å². The number of allylic oxidation sites excluding steroid dienone is 4. The van der Waals surface area contributed by atoms with Gasteiger partial charge in [0.1, 0.15) is 11.7 Å².